The quantitative estimate of drug-likeness (QED) is 0.516. The summed E-state index contributed by atoms with van der Waals surface area (Å²) in [6.07, 6.45) is 21.5. The molecular formula is C20H26. The van der Waals surface area contributed by atoms with Crippen LogP contribution < -0.4 is 0 Å². The summed E-state index contributed by atoms with van der Waals surface area (Å²) >= 11 is 0. The number of hydrogen-bond acceptors (Lipinski definition) is 0. The Hall–Kier alpha value is -1.56. The van der Waals surface area contributed by atoms with Crippen molar-refractivity contribution in [3.63, 3.8) is 0 Å². The minimum Gasteiger partial charge on any atom is -0.0779 e. The maximum absolute atomic E-state index is 2.36. The molecule has 0 bridgehead atoms. The molecule has 0 saturated heterocycles. The van der Waals surface area contributed by atoms with Gasteiger partial charge in [-0.2, -0.15) is 0 Å². The monoisotopic (exact) mass is 266 g/mol. The van der Waals surface area contributed by atoms with E-state index in [1.54, 1.807) is 0 Å². The molecule has 0 heteroatoms. The minimum absolute atomic E-state index is 0.0000694. The summed E-state index contributed by atoms with van der Waals surface area (Å²) in [5.74, 6) is 0. The standard InChI is InChI=1S/C20H26/c1-16-8-10-18(11-9-17(16)2)20(5)13-7-6-12-19(3,4)14-15-20/h6-10,12-15H,11H2,1-5H3/b12-6-,13-7-,15-14-. The molecule has 0 heterocycles. The molecule has 106 valence electrons. The maximum atomic E-state index is 2.36. The molecule has 0 aromatic heterocycles. The summed E-state index contributed by atoms with van der Waals surface area (Å²) in [7, 11) is 0. The van der Waals surface area contributed by atoms with E-state index in [1.807, 2.05) is 0 Å². The predicted molar refractivity (Wildman–Crippen MR) is 89.5 cm³/mol. The lowest BCUT2D eigenvalue weighted by Gasteiger charge is -2.28. The van der Waals surface area contributed by atoms with E-state index in [9.17, 15) is 0 Å². The summed E-state index contributed by atoms with van der Waals surface area (Å²) in [6, 6.07) is 0. The molecule has 0 amide bonds. The minimum atomic E-state index is -0.0000694. The fourth-order valence-electron chi connectivity index (χ4n) is 2.52. The van der Waals surface area contributed by atoms with Crippen molar-refractivity contribution in [1.82, 2.24) is 0 Å². The third-order valence-corrected chi connectivity index (χ3v) is 4.42. The van der Waals surface area contributed by atoms with Crippen molar-refractivity contribution in [1.29, 1.82) is 0 Å². The lowest BCUT2D eigenvalue weighted by Crippen LogP contribution is -2.16. The van der Waals surface area contributed by atoms with Crippen LogP contribution in [0.5, 0.6) is 0 Å². The Morgan fingerprint density at radius 3 is 2.25 bits per heavy atom. The van der Waals surface area contributed by atoms with E-state index in [0.717, 1.165) is 6.42 Å². The Labute approximate surface area is 124 Å². The van der Waals surface area contributed by atoms with Crippen LogP contribution in [-0.2, 0) is 0 Å². The molecule has 0 aliphatic heterocycles. The highest BCUT2D eigenvalue weighted by Crippen LogP contribution is 2.38. The maximum Gasteiger partial charge on any atom is 0.0252 e. The average molecular weight is 266 g/mol. The van der Waals surface area contributed by atoms with Crippen LogP contribution in [0.1, 0.15) is 41.0 Å². The number of rotatable bonds is 1. The zero-order chi connectivity index (χ0) is 14.8. The second kappa shape index (κ2) is 5.44. The molecule has 1 unspecified atom stereocenters. The summed E-state index contributed by atoms with van der Waals surface area (Å²) in [5, 5.41) is 0. The van der Waals surface area contributed by atoms with E-state index in [4.69, 9.17) is 0 Å². The number of allylic oxidation sites excluding steroid dienone is 12. The van der Waals surface area contributed by atoms with Crippen molar-refractivity contribution in [2.24, 2.45) is 10.8 Å². The van der Waals surface area contributed by atoms with E-state index < -0.39 is 0 Å². The second-order valence-electron chi connectivity index (χ2n) is 6.79. The van der Waals surface area contributed by atoms with Gasteiger partial charge in [-0.1, -0.05) is 79.7 Å². The third-order valence-electron chi connectivity index (χ3n) is 4.42. The van der Waals surface area contributed by atoms with Crippen LogP contribution in [0.15, 0.2) is 71.4 Å². The van der Waals surface area contributed by atoms with E-state index in [0.29, 0.717) is 0 Å². The van der Waals surface area contributed by atoms with E-state index in [1.165, 1.54) is 16.7 Å². The van der Waals surface area contributed by atoms with Crippen molar-refractivity contribution in [2.45, 2.75) is 41.0 Å². The van der Waals surface area contributed by atoms with Gasteiger partial charge in [0.1, 0.15) is 0 Å². The lowest BCUT2D eigenvalue weighted by molar-refractivity contribution is 0.586. The zero-order valence-corrected chi connectivity index (χ0v) is 13.4. The van der Waals surface area contributed by atoms with Gasteiger partial charge in [-0.15, -0.1) is 0 Å². The highest BCUT2D eigenvalue weighted by Gasteiger charge is 2.24. The van der Waals surface area contributed by atoms with Crippen LogP contribution in [-0.4, -0.2) is 0 Å². The highest BCUT2D eigenvalue weighted by atomic mass is 14.3. The van der Waals surface area contributed by atoms with Crippen LogP contribution in [0.2, 0.25) is 0 Å². The Morgan fingerprint density at radius 1 is 0.800 bits per heavy atom. The van der Waals surface area contributed by atoms with Gasteiger partial charge in [0.25, 0.3) is 0 Å². The molecule has 0 N–H and O–H groups in total. The van der Waals surface area contributed by atoms with E-state index in [2.05, 4.69) is 89.3 Å². The average Bonchev–Trinajstić information content (AvgIpc) is 2.55. The first-order valence-electron chi connectivity index (χ1n) is 7.45. The Bertz CT molecular complexity index is 559. The van der Waals surface area contributed by atoms with Crippen LogP contribution in [0.3, 0.4) is 0 Å². The summed E-state index contributed by atoms with van der Waals surface area (Å²) in [6.45, 7) is 11.2. The van der Waals surface area contributed by atoms with Gasteiger partial charge in [0.15, 0.2) is 0 Å². The highest BCUT2D eigenvalue weighted by molar-refractivity contribution is 5.42. The Kier molecular flexibility index (Phi) is 4.04. The van der Waals surface area contributed by atoms with Crippen molar-refractivity contribution in [2.75, 3.05) is 0 Å². The molecule has 0 saturated carbocycles. The molecule has 0 spiro atoms. The van der Waals surface area contributed by atoms with Crippen LogP contribution in [0, 0.1) is 10.8 Å². The molecule has 0 radical (unpaired) electrons. The van der Waals surface area contributed by atoms with Crippen molar-refractivity contribution >= 4 is 0 Å². The van der Waals surface area contributed by atoms with Gasteiger partial charge in [-0.05, 0) is 32.8 Å². The van der Waals surface area contributed by atoms with Crippen LogP contribution >= 0.6 is 0 Å². The second-order valence-corrected chi connectivity index (χ2v) is 6.79. The molecule has 2 aliphatic rings. The van der Waals surface area contributed by atoms with Gasteiger partial charge in [0.2, 0.25) is 0 Å². The lowest BCUT2D eigenvalue weighted by atomic mass is 9.76. The third kappa shape index (κ3) is 3.30. The molecular weight excluding hydrogens is 240 g/mol. The van der Waals surface area contributed by atoms with Gasteiger partial charge >= 0.3 is 0 Å². The van der Waals surface area contributed by atoms with Crippen LogP contribution in [0.25, 0.3) is 0 Å². The largest absolute Gasteiger partial charge is 0.0779 e. The first-order valence-corrected chi connectivity index (χ1v) is 7.45. The summed E-state index contributed by atoms with van der Waals surface area (Å²) in [4.78, 5) is 0. The topological polar surface area (TPSA) is 0 Å². The van der Waals surface area contributed by atoms with Crippen molar-refractivity contribution in [3.05, 3.63) is 71.4 Å². The molecule has 2 rings (SSSR count). The van der Waals surface area contributed by atoms with Gasteiger partial charge < -0.3 is 0 Å². The van der Waals surface area contributed by atoms with Gasteiger partial charge in [0, 0.05) is 10.8 Å². The Morgan fingerprint density at radius 2 is 1.50 bits per heavy atom. The predicted octanol–water partition coefficient (Wildman–Crippen LogP) is 5.92. The first-order chi connectivity index (χ1) is 9.32. The van der Waals surface area contributed by atoms with Crippen LogP contribution in [0.4, 0.5) is 0 Å². The smallest absolute Gasteiger partial charge is 0.0252 e. The molecule has 0 nitrogen and oxygen atoms in total. The molecule has 0 aromatic carbocycles. The zero-order valence-electron chi connectivity index (χ0n) is 13.4. The normalized spacial score (nSPS) is 33.8. The molecule has 0 fully saturated rings. The van der Waals surface area contributed by atoms with E-state index >= 15 is 0 Å². The SMILES string of the molecule is CC1=CC=C(C2(C)/C=C\C=C/C(C)(C)/C=C\2)CC=C1C. The first kappa shape index (κ1) is 14.8. The van der Waals surface area contributed by atoms with E-state index in [-0.39, 0.29) is 10.8 Å². The molecule has 20 heavy (non-hydrogen) atoms. The molecule has 1 atom stereocenters. The fourth-order valence-corrected chi connectivity index (χ4v) is 2.52. The van der Waals surface area contributed by atoms with Gasteiger partial charge in [-0.3, -0.25) is 0 Å². The van der Waals surface area contributed by atoms with Crippen molar-refractivity contribution < 1.29 is 0 Å². The fraction of sp³-hybridized carbons (Fsp3) is 0.400. The number of hydrogen-bond donors (Lipinski definition) is 0. The van der Waals surface area contributed by atoms with Crippen molar-refractivity contribution in [3.8, 4) is 0 Å². The van der Waals surface area contributed by atoms with Gasteiger partial charge in [-0.25, -0.2) is 0 Å². The summed E-state index contributed by atoms with van der Waals surface area (Å²) in [5.41, 5.74) is 4.32. The Balaban J connectivity index is 2.41. The molecule has 2 aliphatic carbocycles. The van der Waals surface area contributed by atoms with Gasteiger partial charge in [0.05, 0.1) is 0 Å². The summed E-state index contributed by atoms with van der Waals surface area (Å²) < 4.78 is 0. The molecule has 0 aromatic rings.